The van der Waals surface area contributed by atoms with E-state index >= 15 is 0 Å². The van der Waals surface area contributed by atoms with Crippen LogP contribution in [0.25, 0.3) is 0 Å². The van der Waals surface area contributed by atoms with Gasteiger partial charge in [0.25, 0.3) is 5.91 Å². The van der Waals surface area contributed by atoms with Crippen LogP contribution in [-0.4, -0.2) is 41.6 Å². The molecular weight excluding hydrogens is 462 g/mol. The third kappa shape index (κ3) is 5.60. The lowest BCUT2D eigenvalue weighted by Crippen LogP contribution is -2.37. The van der Waals surface area contributed by atoms with Crippen LogP contribution in [0.1, 0.15) is 18.9 Å². The van der Waals surface area contributed by atoms with Crippen molar-refractivity contribution in [2.75, 3.05) is 23.9 Å². The highest BCUT2D eigenvalue weighted by Crippen LogP contribution is 2.30. The van der Waals surface area contributed by atoms with Gasteiger partial charge in [0, 0.05) is 12.2 Å². The molecule has 7 nitrogen and oxygen atoms in total. The molecule has 1 atom stereocenters. The molecule has 1 fully saturated rings. The van der Waals surface area contributed by atoms with Gasteiger partial charge < -0.3 is 19.7 Å². The Bertz CT molecular complexity index is 1180. The molecule has 2 amide bonds. The molecule has 1 N–H and O–H groups in total. The first-order chi connectivity index (χ1) is 17.0. The first kappa shape index (κ1) is 24.2. The fourth-order valence-corrected chi connectivity index (χ4v) is 4.34. The van der Waals surface area contributed by atoms with Gasteiger partial charge in [-0.1, -0.05) is 30.3 Å². The van der Waals surface area contributed by atoms with Crippen LogP contribution in [-0.2, 0) is 16.1 Å². The zero-order valence-electron chi connectivity index (χ0n) is 19.6. The van der Waals surface area contributed by atoms with Crippen molar-refractivity contribution in [3.8, 4) is 11.5 Å². The number of nitrogens with zero attached hydrogens (tertiary/aromatic N) is 2. The van der Waals surface area contributed by atoms with Gasteiger partial charge in [-0.25, -0.2) is 0 Å². The van der Waals surface area contributed by atoms with Crippen LogP contribution in [0.2, 0.25) is 0 Å². The van der Waals surface area contributed by atoms with E-state index in [1.165, 1.54) is 4.90 Å². The van der Waals surface area contributed by atoms with Crippen LogP contribution < -0.4 is 19.7 Å². The van der Waals surface area contributed by atoms with Crippen molar-refractivity contribution in [2.45, 2.75) is 25.9 Å². The van der Waals surface area contributed by atoms with Crippen molar-refractivity contribution in [1.82, 2.24) is 4.90 Å². The fourth-order valence-electron chi connectivity index (χ4n) is 3.95. The second-order valence-electron chi connectivity index (χ2n) is 7.99. The molecule has 1 aliphatic rings. The van der Waals surface area contributed by atoms with Crippen molar-refractivity contribution >= 4 is 40.5 Å². The summed E-state index contributed by atoms with van der Waals surface area (Å²) in [6.45, 7) is 2.89. The summed E-state index contributed by atoms with van der Waals surface area (Å²) in [4.78, 5) is 29.8. The number of methoxy groups -OCH3 is 1. The second-order valence-corrected chi connectivity index (χ2v) is 8.36. The predicted molar refractivity (Wildman–Crippen MR) is 140 cm³/mol. The van der Waals surface area contributed by atoms with Crippen LogP contribution in [0.5, 0.6) is 11.5 Å². The van der Waals surface area contributed by atoms with E-state index in [0.29, 0.717) is 35.4 Å². The molecular formula is C27H27N3O4S. The molecule has 1 aliphatic heterocycles. The lowest BCUT2D eigenvalue weighted by molar-refractivity contribution is -0.124. The molecule has 8 heteroatoms. The first-order valence-corrected chi connectivity index (χ1v) is 11.8. The van der Waals surface area contributed by atoms with Gasteiger partial charge in [0.15, 0.2) is 5.11 Å². The maximum absolute atomic E-state index is 13.5. The Labute approximate surface area is 210 Å². The molecule has 4 rings (SSSR count). The quantitative estimate of drug-likeness (QED) is 0.442. The van der Waals surface area contributed by atoms with Gasteiger partial charge >= 0.3 is 0 Å². The van der Waals surface area contributed by atoms with Crippen LogP contribution >= 0.6 is 12.2 Å². The smallest absolute Gasteiger partial charge is 0.256 e. The maximum atomic E-state index is 13.5. The minimum Gasteiger partial charge on any atom is -0.497 e. The van der Waals surface area contributed by atoms with Crippen molar-refractivity contribution in [3.63, 3.8) is 0 Å². The fraction of sp³-hybridized carbons (Fsp3) is 0.222. The molecule has 0 aromatic heterocycles. The molecule has 3 aromatic rings. The maximum Gasteiger partial charge on any atom is 0.256 e. The molecule has 35 heavy (non-hydrogen) atoms. The molecule has 1 unspecified atom stereocenters. The Morgan fingerprint density at radius 3 is 2.26 bits per heavy atom. The Balaban J connectivity index is 1.55. The summed E-state index contributed by atoms with van der Waals surface area (Å²) in [7, 11) is 1.58. The zero-order valence-corrected chi connectivity index (χ0v) is 20.5. The normalized spacial score (nSPS) is 15.3. The summed E-state index contributed by atoms with van der Waals surface area (Å²) in [5.74, 6) is 0.896. The number of anilines is 2. The van der Waals surface area contributed by atoms with Crippen LogP contribution in [0.3, 0.4) is 0 Å². The standard InChI is InChI=1S/C27H27N3O4S/c1-3-34-23-13-9-20(10-14-23)28-25(31)17-24-26(32)30(21-11-15-22(33-2)16-12-21)27(35)29(24)18-19-7-5-4-6-8-19/h4-16,24H,3,17-18H2,1-2H3,(H,28,31). The topological polar surface area (TPSA) is 71.1 Å². The summed E-state index contributed by atoms with van der Waals surface area (Å²) in [6.07, 6.45) is -0.0360. The SMILES string of the molecule is CCOc1ccc(NC(=O)CC2C(=O)N(c3ccc(OC)cc3)C(=S)N2Cc2ccccc2)cc1. The van der Waals surface area contributed by atoms with E-state index in [1.54, 1.807) is 55.6 Å². The highest BCUT2D eigenvalue weighted by Gasteiger charge is 2.44. The number of rotatable bonds is 9. The molecule has 1 saturated heterocycles. The Hall–Kier alpha value is -3.91. The second kappa shape index (κ2) is 11.0. The number of thiocarbonyl (C=S) groups is 1. The van der Waals surface area contributed by atoms with Gasteiger partial charge in [-0.3, -0.25) is 14.5 Å². The van der Waals surface area contributed by atoms with E-state index in [0.717, 1.165) is 11.3 Å². The Morgan fingerprint density at radius 1 is 0.971 bits per heavy atom. The number of nitrogens with one attached hydrogen (secondary N) is 1. The number of carbonyl (C=O) groups is 2. The van der Waals surface area contributed by atoms with Gasteiger partial charge in [-0.2, -0.15) is 0 Å². The van der Waals surface area contributed by atoms with Gasteiger partial charge in [0.1, 0.15) is 17.5 Å². The van der Waals surface area contributed by atoms with E-state index in [2.05, 4.69) is 5.32 Å². The average molecular weight is 490 g/mol. The number of hydrogen-bond acceptors (Lipinski definition) is 5. The van der Waals surface area contributed by atoms with E-state index in [9.17, 15) is 9.59 Å². The highest BCUT2D eigenvalue weighted by molar-refractivity contribution is 7.80. The first-order valence-electron chi connectivity index (χ1n) is 11.4. The number of hydrogen-bond donors (Lipinski definition) is 1. The van der Waals surface area contributed by atoms with Crippen LogP contribution in [0, 0.1) is 0 Å². The largest absolute Gasteiger partial charge is 0.497 e. The summed E-state index contributed by atoms with van der Waals surface area (Å²) in [6, 6.07) is 23.3. The van der Waals surface area contributed by atoms with Crippen LogP contribution in [0.15, 0.2) is 78.9 Å². The number of ether oxygens (including phenoxy) is 2. The summed E-state index contributed by atoms with van der Waals surface area (Å²) in [5.41, 5.74) is 2.26. The zero-order chi connectivity index (χ0) is 24.8. The number of carbonyl (C=O) groups excluding carboxylic acids is 2. The monoisotopic (exact) mass is 489 g/mol. The lowest BCUT2D eigenvalue weighted by atomic mass is 10.1. The number of benzene rings is 3. The van der Waals surface area contributed by atoms with Gasteiger partial charge in [-0.15, -0.1) is 0 Å². The Kier molecular flexibility index (Phi) is 7.62. The third-order valence-corrected chi connectivity index (χ3v) is 6.09. The van der Waals surface area contributed by atoms with Crippen molar-refractivity contribution in [3.05, 3.63) is 84.4 Å². The summed E-state index contributed by atoms with van der Waals surface area (Å²) >= 11 is 5.73. The molecule has 180 valence electrons. The van der Waals surface area contributed by atoms with Gasteiger partial charge in [0.05, 0.1) is 25.8 Å². The molecule has 0 spiro atoms. The van der Waals surface area contributed by atoms with Crippen molar-refractivity contribution in [2.24, 2.45) is 0 Å². The Morgan fingerprint density at radius 2 is 1.63 bits per heavy atom. The molecule has 1 heterocycles. The lowest BCUT2D eigenvalue weighted by Gasteiger charge is -2.24. The van der Waals surface area contributed by atoms with Crippen molar-refractivity contribution < 1.29 is 19.1 Å². The minimum atomic E-state index is -0.729. The highest BCUT2D eigenvalue weighted by atomic mass is 32.1. The summed E-state index contributed by atoms with van der Waals surface area (Å²) < 4.78 is 10.7. The van der Waals surface area contributed by atoms with Gasteiger partial charge in [-0.05, 0) is 73.2 Å². The molecule has 0 bridgehead atoms. The molecule has 0 aliphatic carbocycles. The minimum absolute atomic E-state index is 0.0360. The number of amides is 2. The van der Waals surface area contributed by atoms with Gasteiger partial charge in [0.2, 0.25) is 5.91 Å². The predicted octanol–water partition coefficient (Wildman–Crippen LogP) is 4.63. The van der Waals surface area contributed by atoms with E-state index in [-0.39, 0.29) is 18.2 Å². The average Bonchev–Trinajstić information content (AvgIpc) is 3.10. The summed E-state index contributed by atoms with van der Waals surface area (Å²) in [5, 5.41) is 3.24. The van der Waals surface area contributed by atoms with E-state index < -0.39 is 6.04 Å². The molecule has 3 aromatic carbocycles. The van der Waals surface area contributed by atoms with E-state index in [4.69, 9.17) is 21.7 Å². The third-order valence-electron chi connectivity index (χ3n) is 5.67. The van der Waals surface area contributed by atoms with E-state index in [1.807, 2.05) is 42.2 Å². The molecule has 0 radical (unpaired) electrons. The molecule has 0 saturated carbocycles. The van der Waals surface area contributed by atoms with Crippen molar-refractivity contribution in [1.29, 1.82) is 0 Å². The van der Waals surface area contributed by atoms with Crippen LogP contribution in [0.4, 0.5) is 11.4 Å².